The highest BCUT2D eigenvalue weighted by Crippen LogP contribution is 2.13. The summed E-state index contributed by atoms with van der Waals surface area (Å²) in [5, 5.41) is 0. The van der Waals surface area contributed by atoms with Gasteiger partial charge in [-0.3, -0.25) is 0 Å². The van der Waals surface area contributed by atoms with Crippen LogP contribution in [0.2, 0.25) is 0 Å². The molecule has 0 spiro atoms. The molecule has 1 unspecified atom stereocenters. The third-order valence-electron chi connectivity index (χ3n) is 1.57. The van der Waals surface area contributed by atoms with Gasteiger partial charge in [-0.1, -0.05) is 24.3 Å². The van der Waals surface area contributed by atoms with Crippen LogP contribution in [-0.2, 0) is 4.74 Å². The molecule has 0 aliphatic carbocycles. The average molecular weight is 136 g/mol. The molecule has 1 aromatic rings. The highest BCUT2D eigenvalue weighted by molar-refractivity contribution is 5.15. The predicted molar refractivity (Wildman–Crippen MR) is 41.8 cm³/mol. The second kappa shape index (κ2) is 3.37. The molecule has 1 heteroatoms. The summed E-state index contributed by atoms with van der Waals surface area (Å²) < 4.78 is 5.12. The number of rotatable bonds is 2. The monoisotopic (exact) mass is 136 g/mol. The van der Waals surface area contributed by atoms with Crippen LogP contribution in [0.25, 0.3) is 0 Å². The molecular formula is C9H12O+. The van der Waals surface area contributed by atoms with Gasteiger partial charge in [0.05, 0.1) is 6.10 Å². The number of hydrogen-bond donors (Lipinski definition) is 0. The molecule has 1 rings (SSSR count). The van der Waals surface area contributed by atoms with Gasteiger partial charge in [-0.2, -0.15) is 0 Å². The Bertz CT molecular complexity index is 186. The lowest BCUT2D eigenvalue weighted by Crippen LogP contribution is -1.93. The predicted octanol–water partition coefficient (Wildman–Crippen LogP) is 2.31. The summed E-state index contributed by atoms with van der Waals surface area (Å²) in [6.45, 7) is 2.02. The van der Waals surface area contributed by atoms with Crippen molar-refractivity contribution >= 4 is 0 Å². The molecule has 0 amide bonds. The van der Waals surface area contributed by atoms with Crippen LogP contribution in [-0.4, -0.2) is 7.11 Å². The van der Waals surface area contributed by atoms with E-state index in [1.165, 1.54) is 5.56 Å². The van der Waals surface area contributed by atoms with Crippen LogP contribution in [0.4, 0.5) is 0 Å². The fourth-order valence-corrected chi connectivity index (χ4v) is 0.807. The van der Waals surface area contributed by atoms with Crippen LogP contribution in [0.1, 0.15) is 20.0 Å². The summed E-state index contributed by atoms with van der Waals surface area (Å²) in [6.07, 6.45) is 0.189. The van der Waals surface area contributed by atoms with Crippen molar-refractivity contribution in [3.63, 3.8) is 0 Å². The zero-order valence-electron chi connectivity index (χ0n) is 7.29. The normalized spacial score (nSPS) is 13.0. The summed E-state index contributed by atoms with van der Waals surface area (Å²) >= 11 is 0. The molecule has 0 saturated carbocycles. The van der Waals surface area contributed by atoms with Crippen LogP contribution in [0.5, 0.6) is 0 Å². The van der Waals surface area contributed by atoms with Gasteiger partial charge >= 0.3 is 1.43 Å². The van der Waals surface area contributed by atoms with Gasteiger partial charge in [0.1, 0.15) is 0 Å². The lowest BCUT2D eigenvalue weighted by molar-refractivity contribution is 0.119. The van der Waals surface area contributed by atoms with Gasteiger partial charge in [0.2, 0.25) is 0 Å². The third kappa shape index (κ3) is 1.58. The van der Waals surface area contributed by atoms with Crippen molar-refractivity contribution in [3.05, 3.63) is 35.9 Å². The lowest BCUT2D eigenvalue weighted by atomic mass is 10.1. The van der Waals surface area contributed by atoms with E-state index in [1.54, 1.807) is 7.11 Å². The molecule has 0 N–H and O–H groups in total. The highest BCUT2D eigenvalue weighted by Gasteiger charge is 1.99. The Kier molecular flexibility index (Phi) is 2.46. The summed E-state index contributed by atoms with van der Waals surface area (Å²) in [7, 11) is 1.71. The first kappa shape index (κ1) is 7.29. The minimum absolute atomic E-state index is 0. The van der Waals surface area contributed by atoms with E-state index in [4.69, 9.17) is 4.74 Å². The summed E-state index contributed by atoms with van der Waals surface area (Å²) in [5.41, 5.74) is 1.20. The molecule has 10 heavy (non-hydrogen) atoms. The first-order chi connectivity index (χ1) is 4.84. The van der Waals surface area contributed by atoms with Crippen molar-refractivity contribution in [1.82, 2.24) is 0 Å². The minimum atomic E-state index is 0. The van der Waals surface area contributed by atoms with Crippen molar-refractivity contribution in [1.29, 1.82) is 0 Å². The highest BCUT2D eigenvalue weighted by atomic mass is 16.5. The van der Waals surface area contributed by atoms with Gasteiger partial charge in [0.15, 0.2) is 0 Å². The summed E-state index contributed by atoms with van der Waals surface area (Å²) in [5.74, 6) is 0. The second-order valence-electron chi connectivity index (χ2n) is 2.21. The maximum Gasteiger partial charge on any atom is 1.00 e. The van der Waals surface area contributed by atoms with Crippen LogP contribution in [0, 0.1) is 6.07 Å². The Balaban J connectivity index is 0.000001000. The molecule has 0 aromatic heterocycles. The summed E-state index contributed by atoms with van der Waals surface area (Å²) in [6, 6.07) is 10.8. The average Bonchev–Trinajstić information content (AvgIpc) is 2.05. The molecule has 1 radical (unpaired) electrons. The Labute approximate surface area is 63.1 Å². The van der Waals surface area contributed by atoms with Gasteiger partial charge < -0.3 is 4.74 Å². The van der Waals surface area contributed by atoms with Crippen molar-refractivity contribution in [2.24, 2.45) is 0 Å². The Morgan fingerprint density at radius 3 is 2.60 bits per heavy atom. The molecule has 0 heterocycles. The number of ether oxygens (including phenoxy) is 1. The van der Waals surface area contributed by atoms with Crippen LogP contribution < -0.4 is 0 Å². The first-order valence-corrected chi connectivity index (χ1v) is 3.33. The van der Waals surface area contributed by atoms with E-state index in [9.17, 15) is 0 Å². The van der Waals surface area contributed by atoms with Gasteiger partial charge in [-0.15, -0.1) is 0 Å². The van der Waals surface area contributed by atoms with E-state index in [2.05, 4.69) is 6.07 Å². The van der Waals surface area contributed by atoms with Gasteiger partial charge in [0.25, 0.3) is 0 Å². The number of methoxy groups -OCH3 is 1. The van der Waals surface area contributed by atoms with Crippen LogP contribution >= 0.6 is 0 Å². The van der Waals surface area contributed by atoms with E-state index in [0.717, 1.165) is 0 Å². The second-order valence-corrected chi connectivity index (χ2v) is 2.21. The fourth-order valence-electron chi connectivity index (χ4n) is 0.807. The molecule has 0 bridgehead atoms. The molecule has 0 aliphatic heterocycles. The molecule has 1 atom stereocenters. The van der Waals surface area contributed by atoms with Crippen molar-refractivity contribution in [3.8, 4) is 0 Å². The maximum atomic E-state index is 5.12. The number of hydrogen-bond acceptors (Lipinski definition) is 1. The molecule has 53 valence electrons. The van der Waals surface area contributed by atoms with E-state index in [1.807, 2.05) is 31.2 Å². The maximum absolute atomic E-state index is 5.12. The zero-order chi connectivity index (χ0) is 7.40. The SMILES string of the molecule is COC(C)c1cc[c]cc1.[H+]. The van der Waals surface area contributed by atoms with Crippen molar-refractivity contribution < 1.29 is 6.16 Å². The topological polar surface area (TPSA) is 9.23 Å². The largest absolute Gasteiger partial charge is 1.00 e. The van der Waals surface area contributed by atoms with E-state index in [-0.39, 0.29) is 7.53 Å². The third-order valence-corrected chi connectivity index (χ3v) is 1.57. The summed E-state index contributed by atoms with van der Waals surface area (Å²) in [4.78, 5) is 0. The van der Waals surface area contributed by atoms with Gasteiger partial charge in [-0.05, 0) is 18.6 Å². The molecule has 0 fully saturated rings. The Morgan fingerprint density at radius 2 is 2.10 bits per heavy atom. The van der Waals surface area contributed by atoms with E-state index in [0.29, 0.717) is 0 Å². The molecule has 0 saturated heterocycles. The number of benzene rings is 1. The van der Waals surface area contributed by atoms with Gasteiger partial charge in [0, 0.05) is 7.11 Å². The fraction of sp³-hybridized carbons (Fsp3) is 0.333. The van der Waals surface area contributed by atoms with E-state index >= 15 is 0 Å². The van der Waals surface area contributed by atoms with Crippen molar-refractivity contribution in [2.75, 3.05) is 7.11 Å². The zero-order valence-corrected chi connectivity index (χ0v) is 6.29. The Morgan fingerprint density at radius 1 is 1.50 bits per heavy atom. The smallest absolute Gasteiger partial charge is 0.377 e. The standard InChI is InChI=1S/C9H11O/c1-8(10-2)9-6-4-3-5-7-9/h4-8H,1-2H3/p+1. The van der Waals surface area contributed by atoms with Crippen molar-refractivity contribution in [2.45, 2.75) is 13.0 Å². The first-order valence-electron chi connectivity index (χ1n) is 3.33. The molecule has 1 aromatic carbocycles. The molecular weight excluding hydrogens is 124 g/mol. The molecule has 1 nitrogen and oxygen atoms in total. The van der Waals surface area contributed by atoms with Gasteiger partial charge in [-0.25, -0.2) is 0 Å². The van der Waals surface area contributed by atoms with Crippen LogP contribution in [0.15, 0.2) is 24.3 Å². The quantitative estimate of drug-likeness (QED) is 0.606. The van der Waals surface area contributed by atoms with E-state index < -0.39 is 0 Å². The molecule has 0 aliphatic rings. The minimum Gasteiger partial charge on any atom is -0.377 e. The van der Waals surface area contributed by atoms with Crippen LogP contribution in [0.3, 0.4) is 0 Å². The lowest BCUT2D eigenvalue weighted by Gasteiger charge is -2.07. The Hall–Kier alpha value is -0.820.